The van der Waals surface area contributed by atoms with Crippen LogP contribution in [-0.2, 0) is 5.41 Å². The molecule has 1 spiro atoms. The zero-order chi connectivity index (χ0) is 39.8. The van der Waals surface area contributed by atoms with Crippen molar-refractivity contribution >= 4 is 65.9 Å². The molecule has 2 aliphatic carbocycles. The van der Waals surface area contributed by atoms with Crippen LogP contribution >= 0.6 is 0 Å². The molecule has 2 nitrogen and oxygen atoms in total. The average Bonchev–Trinajstić information content (AvgIpc) is 4.04. The van der Waals surface area contributed by atoms with Crippen molar-refractivity contribution in [2.45, 2.75) is 5.41 Å². The van der Waals surface area contributed by atoms with Crippen LogP contribution in [0.4, 0.5) is 17.1 Å². The van der Waals surface area contributed by atoms with Gasteiger partial charge in [0.1, 0.15) is 0 Å². The number of anilines is 3. The van der Waals surface area contributed by atoms with Gasteiger partial charge in [-0.1, -0.05) is 170 Å². The van der Waals surface area contributed by atoms with Crippen LogP contribution < -0.4 is 4.90 Å². The van der Waals surface area contributed by atoms with Gasteiger partial charge in [-0.2, -0.15) is 0 Å². The molecule has 0 radical (unpaired) electrons. The standard InChI is InChI=1S/C59H36N2/c1-2-16-39(17-3-1)60(40-35-49-45-22-8-14-28-55(45)61-56-29-15-9-23-46(56)50(36-40)58(49)61)54-27-13-7-18-41(54)38-31-30-37-32-33-47-44-21-6-12-26-53(44)59(57(47)48(37)34-38)51-24-10-4-19-42(51)43-20-5-11-25-52(43)59/h1-36H. The van der Waals surface area contributed by atoms with Crippen molar-refractivity contribution in [3.63, 3.8) is 0 Å². The van der Waals surface area contributed by atoms with Crippen LogP contribution in [0.25, 0.3) is 82.2 Å². The maximum absolute atomic E-state index is 2.49. The second-order valence-corrected chi connectivity index (χ2v) is 16.8. The van der Waals surface area contributed by atoms with Gasteiger partial charge in [-0.05, 0) is 109 Å². The Hall–Kier alpha value is -7.94. The predicted octanol–water partition coefficient (Wildman–Crippen LogP) is 15.5. The van der Waals surface area contributed by atoms with Crippen LogP contribution in [-0.4, -0.2) is 4.40 Å². The molecule has 0 amide bonds. The summed E-state index contributed by atoms with van der Waals surface area (Å²) in [5.41, 5.74) is 19.8. The molecule has 2 aromatic heterocycles. The lowest BCUT2D eigenvalue weighted by molar-refractivity contribution is 0.801. The highest BCUT2D eigenvalue weighted by Crippen LogP contribution is 2.64. The maximum Gasteiger partial charge on any atom is 0.0731 e. The fourth-order valence-electron chi connectivity index (χ4n) is 11.6. The number of aromatic nitrogens is 1. The molecule has 0 atom stereocenters. The highest BCUT2D eigenvalue weighted by molar-refractivity contribution is 6.24. The first kappa shape index (κ1) is 33.0. The predicted molar refractivity (Wildman–Crippen MR) is 255 cm³/mol. The minimum absolute atomic E-state index is 0.430. The highest BCUT2D eigenvalue weighted by Gasteiger charge is 2.52. The molecular formula is C59H36N2. The molecule has 0 saturated heterocycles. The maximum atomic E-state index is 2.49. The van der Waals surface area contributed by atoms with Crippen LogP contribution in [0.2, 0.25) is 0 Å². The van der Waals surface area contributed by atoms with E-state index in [1.165, 1.54) is 105 Å². The Balaban J connectivity index is 1.04. The van der Waals surface area contributed by atoms with Crippen molar-refractivity contribution in [2.24, 2.45) is 0 Å². The lowest BCUT2D eigenvalue weighted by atomic mass is 9.69. The molecule has 282 valence electrons. The van der Waals surface area contributed by atoms with E-state index >= 15 is 0 Å². The zero-order valence-electron chi connectivity index (χ0n) is 33.2. The molecular weight excluding hydrogens is 737 g/mol. The van der Waals surface area contributed by atoms with E-state index < -0.39 is 5.41 Å². The monoisotopic (exact) mass is 772 g/mol. The number of hydrogen-bond acceptors (Lipinski definition) is 1. The Morgan fingerprint density at radius 2 is 0.852 bits per heavy atom. The van der Waals surface area contributed by atoms with Crippen LogP contribution in [0.3, 0.4) is 0 Å². The summed E-state index contributed by atoms with van der Waals surface area (Å²) < 4.78 is 2.46. The minimum Gasteiger partial charge on any atom is -0.310 e. The fourth-order valence-corrected chi connectivity index (χ4v) is 11.6. The topological polar surface area (TPSA) is 7.65 Å². The van der Waals surface area contributed by atoms with Crippen molar-refractivity contribution in [1.29, 1.82) is 0 Å². The van der Waals surface area contributed by atoms with E-state index in [0.29, 0.717) is 0 Å². The first-order valence-corrected chi connectivity index (χ1v) is 21.3. The summed E-state index contributed by atoms with van der Waals surface area (Å²) in [6.07, 6.45) is 0. The molecule has 0 bridgehead atoms. The number of nitrogens with zero attached hydrogens (tertiary/aromatic N) is 2. The number of benzene rings is 10. The zero-order valence-corrected chi connectivity index (χ0v) is 33.2. The molecule has 0 unspecified atom stereocenters. The molecule has 10 aromatic carbocycles. The lowest BCUT2D eigenvalue weighted by Gasteiger charge is -2.31. The molecule has 0 aliphatic heterocycles. The molecule has 2 heteroatoms. The summed E-state index contributed by atoms with van der Waals surface area (Å²) in [6, 6.07) is 81.5. The molecule has 61 heavy (non-hydrogen) atoms. The lowest BCUT2D eigenvalue weighted by Crippen LogP contribution is -2.26. The SMILES string of the molecule is c1ccc(N(c2cc3c4ccccc4n4c5ccccc5c(c2)c34)c2ccccc2-c2ccc3ccc4c(c3c2)C2(c3ccccc3-c3ccccc32)c2ccccc2-4)cc1. The van der Waals surface area contributed by atoms with Crippen LogP contribution in [0, 0.1) is 0 Å². The number of rotatable bonds is 4. The van der Waals surface area contributed by atoms with E-state index in [4.69, 9.17) is 0 Å². The van der Waals surface area contributed by atoms with E-state index in [0.717, 1.165) is 17.1 Å². The molecule has 2 heterocycles. The number of para-hydroxylation sites is 4. The summed E-state index contributed by atoms with van der Waals surface area (Å²) in [5.74, 6) is 0. The quantitative estimate of drug-likeness (QED) is 0.173. The Morgan fingerprint density at radius 1 is 0.344 bits per heavy atom. The van der Waals surface area contributed by atoms with Crippen molar-refractivity contribution in [2.75, 3.05) is 4.90 Å². The summed E-state index contributed by atoms with van der Waals surface area (Å²) in [5, 5.41) is 7.60. The Labute approximate surface area is 353 Å². The summed E-state index contributed by atoms with van der Waals surface area (Å²) in [7, 11) is 0. The van der Waals surface area contributed by atoms with Crippen LogP contribution in [0.1, 0.15) is 22.3 Å². The number of hydrogen-bond donors (Lipinski definition) is 0. The molecule has 0 fully saturated rings. The third kappa shape index (κ3) is 4.21. The highest BCUT2D eigenvalue weighted by atomic mass is 15.1. The minimum atomic E-state index is -0.430. The Bertz CT molecular complexity index is 3630. The van der Waals surface area contributed by atoms with Crippen molar-refractivity contribution in [3.8, 4) is 33.4 Å². The van der Waals surface area contributed by atoms with Crippen molar-refractivity contribution < 1.29 is 0 Å². The Morgan fingerprint density at radius 3 is 1.49 bits per heavy atom. The smallest absolute Gasteiger partial charge is 0.0731 e. The van der Waals surface area contributed by atoms with E-state index in [1.807, 2.05) is 0 Å². The van der Waals surface area contributed by atoms with Gasteiger partial charge in [0.25, 0.3) is 0 Å². The van der Waals surface area contributed by atoms with Gasteiger partial charge < -0.3 is 9.30 Å². The van der Waals surface area contributed by atoms with E-state index in [1.54, 1.807) is 0 Å². The second-order valence-electron chi connectivity index (χ2n) is 16.8. The van der Waals surface area contributed by atoms with Gasteiger partial charge in [-0.15, -0.1) is 0 Å². The summed E-state index contributed by atoms with van der Waals surface area (Å²) in [6.45, 7) is 0. The van der Waals surface area contributed by atoms with Crippen LogP contribution in [0.15, 0.2) is 218 Å². The molecule has 12 aromatic rings. The fraction of sp³-hybridized carbons (Fsp3) is 0.0169. The number of fused-ring (bicyclic) bond motifs is 18. The van der Waals surface area contributed by atoms with Crippen molar-refractivity contribution in [3.05, 3.63) is 241 Å². The van der Waals surface area contributed by atoms with E-state index in [2.05, 4.69) is 228 Å². The first-order chi connectivity index (χ1) is 30.3. The van der Waals surface area contributed by atoms with Gasteiger partial charge in [0, 0.05) is 38.5 Å². The van der Waals surface area contributed by atoms with Gasteiger partial charge >= 0.3 is 0 Å². The van der Waals surface area contributed by atoms with Gasteiger partial charge in [-0.3, -0.25) is 0 Å². The van der Waals surface area contributed by atoms with Gasteiger partial charge in [0.15, 0.2) is 0 Å². The molecule has 0 saturated carbocycles. The molecule has 14 rings (SSSR count). The summed E-state index contributed by atoms with van der Waals surface area (Å²) >= 11 is 0. The van der Waals surface area contributed by atoms with Gasteiger partial charge in [0.2, 0.25) is 0 Å². The third-order valence-electron chi connectivity index (χ3n) is 13.9. The van der Waals surface area contributed by atoms with Gasteiger partial charge in [-0.25, -0.2) is 0 Å². The molecule has 0 N–H and O–H groups in total. The van der Waals surface area contributed by atoms with Gasteiger partial charge in [0.05, 0.1) is 27.7 Å². The normalized spacial score (nSPS) is 13.4. The molecule has 2 aliphatic rings. The second kappa shape index (κ2) is 12.1. The van der Waals surface area contributed by atoms with E-state index in [9.17, 15) is 0 Å². The van der Waals surface area contributed by atoms with Crippen molar-refractivity contribution in [1.82, 2.24) is 4.40 Å². The van der Waals surface area contributed by atoms with E-state index in [-0.39, 0.29) is 0 Å². The van der Waals surface area contributed by atoms with Crippen LogP contribution in [0.5, 0.6) is 0 Å². The average molecular weight is 773 g/mol. The summed E-state index contributed by atoms with van der Waals surface area (Å²) in [4.78, 5) is 2.47. The third-order valence-corrected chi connectivity index (χ3v) is 13.9. The Kier molecular flexibility index (Phi) is 6.52. The first-order valence-electron chi connectivity index (χ1n) is 21.3. The largest absolute Gasteiger partial charge is 0.310 e.